The van der Waals surface area contributed by atoms with Crippen LogP contribution in [0.2, 0.25) is 0 Å². The topological polar surface area (TPSA) is 29.3 Å². The highest BCUT2D eigenvalue weighted by Gasteiger charge is 2.32. The molecule has 2 rings (SSSR count). The molecule has 0 radical (unpaired) electrons. The van der Waals surface area contributed by atoms with Crippen LogP contribution in [0.3, 0.4) is 0 Å². The van der Waals surface area contributed by atoms with Gasteiger partial charge in [-0.2, -0.15) is 0 Å². The third-order valence-corrected chi connectivity index (χ3v) is 3.37. The monoisotopic (exact) mass is 168 g/mol. The first-order valence-corrected chi connectivity index (χ1v) is 5.32. The molecule has 2 heteroatoms. The molecule has 1 saturated heterocycles. The Morgan fingerprint density at radius 1 is 1.00 bits per heavy atom. The molecule has 2 aliphatic rings. The molecule has 0 atom stereocenters. The van der Waals surface area contributed by atoms with Gasteiger partial charge in [0.2, 0.25) is 0 Å². The lowest BCUT2D eigenvalue weighted by Crippen LogP contribution is -2.37. The number of hydrogen-bond donors (Lipinski definition) is 1. The van der Waals surface area contributed by atoms with Gasteiger partial charge < -0.3 is 10.6 Å². The maximum absolute atomic E-state index is 5.52. The first-order chi connectivity index (χ1) is 5.90. The fourth-order valence-corrected chi connectivity index (χ4v) is 2.40. The second-order valence-electron chi connectivity index (χ2n) is 4.31. The van der Waals surface area contributed by atoms with Gasteiger partial charge in [-0.15, -0.1) is 0 Å². The van der Waals surface area contributed by atoms with Gasteiger partial charge in [0.25, 0.3) is 0 Å². The van der Waals surface area contributed by atoms with E-state index in [1.54, 1.807) is 0 Å². The Balaban J connectivity index is 1.69. The van der Waals surface area contributed by atoms with Gasteiger partial charge in [0.15, 0.2) is 0 Å². The van der Waals surface area contributed by atoms with Gasteiger partial charge in [0.05, 0.1) is 0 Å². The number of rotatable bonds is 3. The molecule has 0 aromatic rings. The highest BCUT2D eigenvalue weighted by atomic mass is 15.1. The van der Waals surface area contributed by atoms with Crippen molar-refractivity contribution in [3.05, 3.63) is 0 Å². The summed E-state index contributed by atoms with van der Waals surface area (Å²) in [6.07, 6.45) is 5.90. The molecular weight excluding hydrogens is 148 g/mol. The maximum atomic E-state index is 5.52. The van der Waals surface area contributed by atoms with Crippen molar-refractivity contribution in [1.82, 2.24) is 4.90 Å². The zero-order valence-electron chi connectivity index (χ0n) is 7.84. The largest absolute Gasteiger partial charge is 0.329 e. The van der Waals surface area contributed by atoms with Crippen molar-refractivity contribution in [3.63, 3.8) is 0 Å². The molecule has 0 aromatic carbocycles. The van der Waals surface area contributed by atoms with Gasteiger partial charge in [-0.25, -0.2) is 0 Å². The summed E-state index contributed by atoms with van der Waals surface area (Å²) in [6, 6.07) is 0. The lowest BCUT2D eigenvalue weighted by molar-refractivity contribution is 0.176. The van der Waals surface area contributed by atoms with Crippen molar-refractivity contribution >= 4 is 0 Å². The summed E-state index contributed by atoms with van der Waals surface area (Å²) in [7, 11) is 0. The first kappa shape index (κ1) is 8.52. The molecule has 1 heterocycles. The predicted octanol–water partition coefficient (Wildman–Crippen LogP) is 1.07. The number of hydrogen-bond acceptors (Lipinski definition) is 2. The van der Waals surface area contributed by atoms with Crippen LogP contribution in [0, 0.1) is 11.8 Å². The molecular formula is C10H20N2. The van der Waals surface area contributed by atoms with Crippen molar-refractivity contribution in [2.24, 2.45) is 17.6 Å². The second kappa shape index (κ2) is 3.75. The van der Waals surface area contributed by atoms with E-state index in [0.29, 0.717) is 0 Å². The molecule has 0 spiro atoms. The van der Waals surface area contributed by atoms with Gasteiger partial charge in [-0.1, -0.05) is 0 Å². The Labute approximate surface area is 75.1 Å². The van der Waals surface area contributed by atoms with E-state index in [1.165, 1.54) is 38.8 Å². The molecule has 1 aliphatic carbocycles. The van der Waals surface area contributed by atoms with Crippen LogP contribution >= 0.6 is 0 Å². The minimum atomic E-state index is 0.827. The minimum absolute atomic E-state index is 0.827. The van der Waals surface area contributed by atoms with Crippen LogP contribution in [-0.2, 0) is 0 Å². The third-order valence-electron chi connectivity index (χ3n) is 3.37. The molecule has 0 unspecified atom stereocenters. The summed E-state index contributed by atoms with van der Waals surface area (Å²) >= 11 is 0. The summed E-state index contributed by atoms with van der Waals surface area (Å²) in [4.78, 5) is 2.51. The van der Waals surface area contributed by atoms with Gasteiger partial charge in [0, 0.05) is 13.1 Å². The van der Waals surface area contributed by atoms with E-state index in [4.69, 9.17) is 5.73 Å². The Bertz CT molecular complexity index is 135. The van der Waals surface area contributed by atoms with Crippen molar-refractivity contribution in [2.75, 3.05) is 26.2 Å². The quantitative estimate of drug-likeness (QED) is 0.683. The minimum Gasteiger partial charge on any atom is -0.329 e. The Morgan fingerprint density at radius 3 is 2.08 bits per heavy atom. The molecule has 12 heavy (non-hydrogen) atoms. The van der Waals surface area contributed by atoms with Gasteiger partial charge >= 0.3 is 0 Å². The standard InChI is InChI=1S/C10H20N2/c11-5-8-12-6-3-10(4-7-12)9-1-2-9/h9-10H,1-8,11H2. The van der Waals surface area contributed by atoms with E-state index in [2.05, 4.69) is 4.90 Å². The summed E-state index contributed by atoms with van der Waals surface area (Å²) in [5, 5.41) is 0. The molecule has 70 valence electrons. The SMILES string of the molecule is NCCN1CCC(C2CC2)CC1. The van der Waals surface area contributed by atoms with Crippen molar-refractivity contribution in [3.8, 4) is 0 Å². The number of nitrogens with two attached hydrogens (primary N) is 1. The second-order valence-corrected chi connectivity index (χ2v) is 4.31. The molecule has 2 N–H and O–H groups in total. The van der Waals surface area contributed by atoms with Crippen LogP contribution in [0.1, 0.15) is 25.7 Å². The third kappa shape index (κ3) is 1.99. The van der Waals surface area contributed by atoms with Crippen molar-refractivity contribution in [2.45, 2.75) is 25.7 Å². The van der Waals surface area contributed by atoms with Gasteiger partial charge in [-0.05, 0) is 50.6 Å². The van der Waals surface area contributed by atoms with Crippen molar-refractivity contribution in [1.29, 1.82) is 0 Å². The van der Waals surface area contributed by atoms with Crippen LogP contribution in [0.5, 0.6) is 0 Å². The van der Waals surface area contributed by atoms with Crippen LogP contribution < -0.4 is 5.73 Å². The van der Waals surface area contributed by atoms with Gasteiger partial charge in [0.1, 0.15) is 0 Å². The van der Waals surface area contributed by atoms with Crippen LogP contribution in [0.25, 0.3) is 0 Å². The molecule has 0 bridgehead atoms. The van der Waals surface area contributed by atoms with Crippen LogP contribution in [-0.4, -0.2) is 31.1 Å². The highest BCUT2D eigenvalue weighted by Crippen LogP contribution is 2.41. The number of nitrogens with zero attached hydrogens (tertiary/aromatic N) is 1. The van der Waals surface area contributed by atoms with E-state index in [9.17, 15) is 0 Å². The lowest BCUT2D eigenvalue weighted by Gasteiger charge is -2.31. The van der Waals surface area contributed by atoms with E-state index in [-0.39, 0.29) is 0 Å². The average molecular weight is 168 g/mol. The fraction of sp³-hybridized carbons (Fsp3) is 1.00. The highest BCUT2D eigenvalue weighted by molar-refractivity contribution is 4.85. The molecule has 1 aliphatic heterocycles. The van der Waals surface area contributed by atoms with Crippen LogP contribution in [0.15, 0.2) is 0 Å². The van der Waals surface area contributed by atoms with Crippen molar-refractivity contribution < 1.29 is 0 Å². The fourth-order valence-electron chi connectivity index (χ4n) is 2.40. The molecule has 2 fully saturated rings. The number of likely N-dealkylation sites (tertiary alicyclic amines) is 1. The predicted molar refractivity (Wildman–Crippen MR) is 50.9 cm³/mol. The van der Waals surface area contributed by atoms with Crippen LogP contribution in [0.4, 0.5) is 0 Å². The van der Waals surface area contributed by atoms with E-state index >= 15 is 0 Å². The molecule has 1 saturated carbocycles. The number of piperidine rings is 1. The molecule has 0 amide bonds. The normalized spacial score (nSPS) is 27.8. The molecule has 0 aromatic heterocycles. The van der Waals surface area contributed by atoms with E-state index < -0.39 is 0 Å². The zero-order valence-corrected chi connectivity index (χ0v) is 7.84. The Kier molecular flexibility index (Phi) is 2.66. The van der Waals surface area contributed by atoms with E-state index in [0.717, 1.165) is 24.9 Å². The summed E-state index contributed by atoms with van der Waals surface area (Å²) in [5.74, 6) is 2.18. The first-order valence-electron chi connectivity index (χ1n) is 5.32. The smallest absolute Gasteiger partial charge is 0.0105 e. The maximum Gasteiger partial charge on any atom is 0.0105 e. The Morgan fingerprint density at radius 2 is 1.58 bits per heavy atom. The van der Waals surface area contributed by atoms with E-state index in [1.807, 2.05) is 0 Å². The average Bonchev–Trinajstić information content (AvgIpc) is 2.89. The zero-order chi connectivity index (χ0) is 8.39. The summed E-state index contributed by atoms with van der Waals surface area (Å²) in [6.45, 7) is 4.54. The molecule has 2 nitrogen and oxygen atoms in total. The summed E-state index contributed by atoms with van der Waals surface area (Å²) in [5.41, 5.74) is 5.52. The Hall–Kier alpha value is -0.0800. The lowest BCUT2D eigenvalue weighted by atomic mass is 9.92. The summed E-state index contributed by atoms with van der Waals surface area (Å²) < 4.78 is 0. The van der Waals surface area contributed by atoms with Gasteiger partial charge in [-0.3, -0.25) is 0 Å².